The van der Waals surface area contributed by atoms with Gasteiger partial charge in [-0.2, -0.15) is 0 Å². The number of amides is 3. The molecule has 2 aromatic rings. The molecule has 1 aliphatic heterocycles. The summed E-state index contributed by atoms with van der Waals surface area (Å²) in [5, 5.41) is 2.61. The third kappa shape index (κ3) is 5.34. The molecule has 5 atom stereocenters. The Hall–Kier alpha value is -4.27. The van der Waals surface area contributed by atoms with Crippen LogP contribution in [0.4, 0.5) is 5.69 Å². The van der Waals surface area contributed by atoms with Crippen LogP contribution < -0.4 is 5.32 Å². The maximum atomic E-state index is 13.4. The molecule has 2 aliphatic carbocycles. The van der Waals surface area contributed by atoms with Gasteiger partial charge in [0.15, 0.2) is 6.61 Å². The fourth-order valence-corrected chi connectivity index (χ4v) is 5.75. The summed E-state index contributed by atoms with van der Waals surface area (Å²) in [4.78, 5) is 65.6. The Morgan fingerprint density at radius 3 is 2.18 bits per heavy atom. The lowest BCUT2D eigenvalue weighted by Gasteiger charge is -2.26. The van der Waals surface area contributed by atoms with Crippen LogP contribution in [0, 0.1) is 23.7 Å². The molecule has 202 valence electrons. The molecule has 9 nitrogen and oxygen atoms in total. The van der Waals surface area contributed by atoms with Gasteiger partial charge in [-0.3, -0.25) is 19.3 Å². The largest absolute Gasteiger partial charge is 0.462 e. The molecule has 1 N–H and O–H groups in total. The monoisotopic (exact) mass is 530 g/mol. The van der Waals surface area contributed by atoms with Gasteiger partial charge in [0.25, 0.3) is 5.91 Å². The van der Waals surface area contributed by atoms with Gasteiger partial charge in [0.05, 0.1) is 24.0 Å². The molecule has 5 rings (SSSR count). The Bertz CT molecular complexity index is 1270. The van der Waals surface area contributed by atoms with Gasteiger partial charge in [0.1, 0.15) is 6.04 Å². The minimum atomic E-state index is -1.17. The van der Waals surface area contributed by atoms with Crippen LogP contribution in [0.25, 0.3) is 0 Å². The third-order valence-electron chi connectivity index (χ3n) is 7.55. The van der Waals surface area contributed by atoms with Gasteiger partial charge < -0.3 is 14.8 Å². The first-order chi connectivity index (χ1) is 18.9. The fraction of sp³-hybridized carbons (Fsp3) is 0.367. The minimum Gasteiger partial charge on any atom is -0.462 e. The highest BCUT2D eigenvalue weighted by atomic mass is 16.5. The van der Waals surface area contributed by atoms with Crippen molar-refractivity contribution in [1.29, 1.82) is 0 Å². The maximum absolute atomic E-state index is 13.4. The van der Waals surface area contributed by atoms with Gasteiger partial charge in [0.2, 0.25) is 11.8 Å². The number of imide groups is 1. The number of nitrogens with one attached hydrogen (secondary N) is 1. The van der Waals surface area contributed by atoms with Crippen LogP contribution in [0.5, 0.6) is 0 Å². The highest BCUT2D eigenvalue weighted by Gasteiger charge is 2.61. The smallest absolute Gasteiger partial charge is 0.338 e. The molecule has 3 aliphatic rings. The second-order valence-electron chi connectivity index (χ2n) is 10.1. The summed E-state index contributed by atoms with van der Waals surface area (Å²) in [5.41, 5.74) is 1.52. The number of nitrogens with zero attached hydrogens (tertiary/aromatic N) is 1. The average molecular weight is 531 g/mol. The number of ether oxygens (including phenoxy) is 2. The van der Waals surface area contributed by atoms with E-state index in [-0.39, 0.29) is 30.1 Å². The van der Waals surface area contributed by atoms with E-state index in [1.165, 1.54) is 12.1 Å². The summed E-state index contributed by atoms with van der Waals surface area (Å²) in [7, 11) is 0. The van der Waals surface area contributed by atoms with Crippen LogP contribution in [-0.2, 0) is 35.1 Å². The summed E-state index contributed by atoms with van der Waals surface area (Å²) in [6, 6.07) is 14.1. The summed E-state index contributed by atoms with van der Waals surface area (Å²) in [5.74, 6) is -3.41. The number of carbonyl (C=O) groups excluding carboxylic acids is 5. The highest BCUT2D eigenvalue weighted by molar-refractivity contribution is 6.09. The van der Waals surface area contributed by atoms with E-state index in [4.69, 9.17) is 9.47 Å². The SMILES string of the molecule is CCCOC(=O)c1ccc(NC(=O)COC(=O)[C@H](Cc2ccccc2)N2C(=O)[C@H]3[C@H](C2=O)[C@H]2C=C[C@H]3C2)cc1. The summed E-state index contributed by atoms with van der Waals surface area (Å²) >= 11 is 0. The molecule has 2 fully saturated rings. The molecule has 0 spiro atoms. The van der Waals surface area contributed by atoms with Crippen molar-refractivity contribution in [1.82, 2.24) is 4.90 Å². The van der Waals surface area contributed by atoms with E-state index in [1.807, 2.05) is 49.4 Å². The van der Waals surface area contributed by atoms with E-state index < -0.39 is 42.3 Å². The van der Waals surface area contributed by atoms with Crippen LogP contribution in [0.1, 0.15) is 35.7 Å². The molecule has 3 amide bonds. The van der Waals surface area contributed by atoms with Crippen LogP contribution in [0.2, 0.25) is 0 Å². The van der Waals surface area contributed by atoms with Gasteiger partial charge in [0, 0.05) is 12.1 Å². The van der Waals surface area contributed by atoms with Gasteiger partial charge >= 0.3 is 11.9 Å². The lowest BCUT2D eigenvalue weighted by molar-refractivity contribution is -0.160. The number of carbonyl (C=O) groups is 5. The average Bonchev–Trinajstić information content (AvgIpc) is 3.64. The Kier molecular flexibility index (Phi) is 7.58. The lowest BCUT2D eigenvalue weighted by atomic mass is 9.85. The number of esters is 2. The number of fused-ring (bicyclic) bond motifs is 5. The number of allylic oxidation sites excluding steroid dienone is 2. The maximum Gasteiger partial charge on any atom is 0.338 e. The molecule has 9 heteroatoms. The molecule has 0 unspecified atom stereocenters. The molecule has 1 saturated heterocycles. The van der Waals surface area contributed by atoms with Crippen molar-refractivity contribution >= 4 is 35.3 Å². The molecule has 39 heavy (non-hydrogen) atoms. The zero-order valence-corrected chi connectivity index (χ0v) is 21.6. The van der Waals surface area contributed by atoms with E-state index >= 15 is 0 Å². The van der Waals surface area contributed by atoms with Crippen molar-refractivity contribution in [2.24, 2.45) is 23.7 Å². The van der Waals surface area contributed by atoms with Crippen molar-refractivity contribution < 1.29 is 33.4 Å². The highest BCUT2D eigenvalue weighted by Crippen LogP contribution is 2.53. The molecule has 0 aromatic heterocycles. The van der Waals surface area contributed by atoms with E-state index in [1.54, 1.807) is 12.1 Å². The van der Waals surface area contributed by atoms with Crippen molar-refractivity contribution in [2.45, 2.75) is 32.2 Å². The lowest BCUT2D eigenvalue weighted by Crippen LogP contribution is -2.48. The first-order valence-corrected chi connectivity index (χ1v) is 13.2. The summed E-state index contributed by atoms with van der Waals surface area (Å²) in [6.45, 7) is 1.62. The van der Waals surface area contributed by atoms with E-state index in [0.717, 1.165) is 16.9 Å². The standard InChI is InChI=1S/C30H30N2O7/c1-2-14-38-29(36)19-10-12-22(13-11-19)31-24(33)17-39-30(37)23(15-18-6-4-3-5-7-18)32-27(34)25-20-8-9-21(16-20)26(25)28(32)35/h3-13,20-21,23,25-26H,2,14-17H2,1H3,(H,31,33)/t20-,21-,23-,25+,26+/m0/s1. The molecule has 1 heterocycles. The predicted octanol–water partition coefficient (Wildman–Crippen LogP) is 3.15. The van der Waals surface area contributed by atoms with E-state index in [0.29, 0.717) is 24.3 Å². The van der Waals surface area contributed by atoms with Crippen LogP contribution >= 0.6 is 0 Å². The Morgan fingerprint density at radius 1 is 0.923 bits per heavy atom. The third-order valence-corrected chi connectivity index (χ3v) is 7.55. The first-order valence-electron chi connectivity index (χ1n) is 13.2. The number of hydrogen-bond acceptors (Lipinski definition) is 7. The van der Waals surface area contributed by atoms with Gasteiger partial charge in [-0.05, 0) is 54.5 Å². The Labute approximate surface area is 226 Å². The predicted molar refractivity (Wildman–Crippen MR) is 140 cm³/mol. The zero-order chi connectivity index (χ0) is 27.5. The summed E-state index contributed by atoms with van der Waals surface area (Å²) in [6.07, 6.45) is 5.59. The normalized spacial score (nSPS) is 23.5. The number of hydrogen-bond donors (Lipinski definition) is 1. The van der Waals surface area contributed by atoms with Crippen molar-refractivity contribution in [3.05, 3.63) is 77.9 Å². The molecule has 1 saturated carbocycles. The van der Waals surface area contributed by atoms with Crippen LogP contribution in [0.3, 0.4) is 0 Å². The number of likely N-dealkylation sites (tertiary alicyclic amines) is 1. The number of benzene rings is 2. The second-order valence-corrected chi connectivity index (χ2v) is 10.1. The zero-order valence-electron chi connectivity index (χ0n) is 21.6. The molecule has 2 aromatic carbocycles. The van der Waals surface area contributed by atoms with Gasteiger partial charge in [-0.15, -0.1) is 0 Å². The Morgan fingerprint density at radius 2 is 1.56 bits per heavy atom. The molecular weight excluding hydrogens is 500 g/mol. The van der Waals surface area contributed by atoms with Gasteiger partial charge in [-0.1, -0.05) is 49.4 Å². The molecule has 2 bridgehead atoms. The van der Waals surface area contributed by atoms with Crippen molar-refractivity contribution in [3.63, 3.8) is 0 Å². The number of anilines is 1. The minimum absolute atomic E-state index is 0.0144. The van der Waals surface area contributed by atoms with Crippen molar-refractivity contribution in [2.75, 3.05) is 18.5 Å². The quantitative estimate of drug-likeness (QED) is 0.285. The van der Waals surface area contributed by atoms with E-state index in [9.17, 15) is 24.0 Å². The summed E-state index contributed by atoms with van der Waals surface area (Å²) < 4.78 is 10.4. The number of rotatable bonds is 10. The topological polar surface area (TPSA) is 119 Å². The van der Waals surface area contributed by atoms with Crippen molar-refractivity contribution in [3.8, 4) is 0 Å². The van der Waals surface area contributed by atoms with E-state index in [2.05, 4.69) is 5.32 Å². The van der Waals surface area contributed by atoms with Crippen LogP contribution in [-0.4, -0.2) is 53.8 Å². The molecule has 0 radical (unpaired) electrons. The molecular formula is C30H30N2O7. The van der Waals surface area contributed by atoms with Crippen LogP contribution in [0.15, 0.2) is 66.7 Å². The second kappa shape index (κ2) is 11.2. The Balaban J connectivity index is 1.24. The first kappa shape index (κ1) is 26.3. The fourth-order valence-electron chi connectivity index (χ4n) is 5.75. The van der Waals surface area contributed by atoms with Gasteiger partial charge in [-0.25, -0.2) is 9.59 Å².